The summed E-state index contributed by atoms with van der Waals surface area (Å²) in [6, 6.07) is 0. The Morgan fingerprint density at radius 2 is 2.40 bits per heavy atom. The number of ether oxygens (including phenoxy) is 2. The zero-order valence-electron chi connectivity index (χ0n) is 5.24. The average Bonchev–Trinajstić information content (AvgIpc) is 2.59. The highest BCUT2D eigenvalue weighted by Crippen LogP contribution is 2.25. The maximum absolute atomic E-state index is 5.23. The molecule has 0 aliphatic carbocycles. The highest BCUT2D eigenvalue weighted by Gasteiger charge is 2.19. The molecule has 1 aliphatic rings. The molecule has 0 bridgehead atoms. The first-order valence-electron chi connectivity index (χ1n) is 3.02. The van der Waals surface area contributed by atoms with E-state index in [1.165, 1.54) is 11.3 Å². The van der Waals surface area contributed by atoms with Crippen LogP contribution in [0.2, 0.25) is 0 Å². The fourth-order valence-corrected chi connectivity index (χ4v) is 1.38. The van der Waals surface area contributed by atoms with E-state index in [0.717, 1.165) is 4.88 Å². The third-order valence-electron chi connectivity index (χ3n) is 1.26. The van der Waals surface area contributed by atoms with Gasteiger partial charge >= 0.3 is 0 Å². The van der Waals surface area contributed by atoms with Gasteiger partial charge in [0, 0.05) is 6.20 Å². The van der Waals surface area contributed by atoms with Gasteiger partial charge in [-0.05, 0) is 0 Å². The Kier molecular flexibility index (Phi) is 1.66. The molecule has 0 unspecified atom stereocenters. The standard InChI is InChI=1S/C6H6NO2S/c1-2-9-6(8-1)5-3-7-4-10-5/h3,6H,1-2H2. The number of hydrogen-bond acceptors (Lipinski definition) is 4. The highest BCUT2D eigenvalue weighted by atomic mass is 32.1. The van der Waals surface area contributed by atoms with Gasteiger partial charge in [0.15, 0.2) is 11.8 Å². The highest BCUT2D eigenvalue weighted by molar-refractivity contribution is 7.09. The van der Waals surface area contributed by atoms with E-state index in [9.17, 15) is 0 Å². The van der Waals surface area contributed by atoms with E-state index in [1.54, 1.807) is 6.20 Å². The summed E-state index contributed by atoms with van der Waals surface area (Å²) in [6.07, 6.45) is 1.55. The summed E-state index contributed by atoms with van der Waals surface area (Å²) in [5, 5.41) is 0. The van der Waals surface area contributed by atoms with Crippen molar-refractivity contribution in [2.75, 3.05) is 13.2 Å². The fraction of sp³-hybridized carbons (Fsp3) is 0.500. The topological polar surface area (TPSA) is 31.4 Å². The van der Waals surface area contributed by atoms with E-state index in [-0.39, 0.29) is 6.29 Å². The Morgan fingerprint density at radius 3 is 3.00 bits per heavy atom. The van der Waals surface area contributed by atoms with Gasteiger partial charge in [0.2, 0.25) is 0 Å². The van der Waals surface area contributed by atoms with Crippen molar-refractivity contribution in [2.24, 2.45) is 0 Å². The zero-order chi connectivity index (χ0) is 6.81. The van der Waals surface area contributed by atoms with Crippen molar-refractivity contribution >= 4 is 11.3 Å². The van der Waals surface area contributed by atoms with Gasteiger partial charge in [0.25, 0.3) is 0 Å². The molecular weight excluding hydrogens is 150 g/mol. The smallest absolute Gasteiger partial charge is 0.194 e. The molecule has 53 valence electrons. The van der Waals surface area contributed by atoms with Crippen LogP contribution in [0.5, 0.6) is 0 Å². The summed E-state index contributed by atoms with van der Waals surface area (Å²) in [6.45, 7) is 1.37. The Balaban J connectivity index is 2.12. The summed E-state index contributed by atoms with van der Waals surface area (Å²) >= 11 is 1.43. The van der Waals surface area contributed by atoms with E-state index in [2.05, 4.69) is 10.5 Å². The van der Waals surface area contributed by atoms with Gasteiger partial charge < -0.3 is 9.47 Å². The monoisotopic (exact) mass is 156 g/mol. The molecule has 0 spiro atoms. The van der Waals surface area contributed by atoms with Gasteiger partial charge in [0.05, 0.1) is 18.1 Å². The lowest BCUT2D eigenvalue weighted by atomic mass is 10.5. The van der Waals surface area contributed by atoms with Gasteiger partial charge in [0.1, 0.15) is 0 Å². The van der Waals surface area contributed by atoms with Crippen LogP contribution in [0.3, 0.4) is 0 Å². The predicted molar refractivity (Wildman–Crippen MR) is 35.6 cm³/mol. The Hall–Kier alpha value is -0.450. The number of rotatable bonds is 1. The fourth-order valence-electron chi connectivity index (χ4n) is 0.827. The molecule has 1 radical (unpaired) electrons. The molecule has 10 heavy (non-hydrogen) atoms. The molecule has 0 amide bonds. The van der Waals surface area contributed by atoms with Crippen LogP contribution in [-0.4, -0.2) is 18.2 Å². The first-order valence-corrected chi connectivity index (χ1v) is 3.83. The number of thiazole rings is 1. The Labute approximate surface area is 62.6 Å². The second kappa shape index (κ2) is 2.65. The lowest BCUT2D eigenvalue weighted by molar-refractivity contribution is -0.0414. The first kappa shape index (κ1) is 6.27. The maximum atomic E-state index is 5.23. The number of hydrogen-bond donors (Lipinski definition) is 0. The molecule has 1 fully saturated rings. The second-order valence-corrected chi connectivity index (χ2v) is 2.79. The van der Waals surface area contributed by atoms with Crippen molar-refractivity contribution in [3.63, 3.8) is 0 Å². The number of aromatic nitrogens is 1. The van der Waals surface area contributed by atoms with Crippen molar-refractivity contribution < 1.29 is 9.47 Å². The molecule has 2 rings (SSSR count). The van der Waals surface area contributed by atoms with E-state index >= 15 is 0 Å². The molecule has 0 aromatic carbocycles. The van der Waals surface area contributed by atoms with Gasteiger partial charge in [-0.25, -0.2) is 4.98 Å². The summed E-state index contributed by atoms with van der Waals surface area (Å²) in [7, 11) is 0. The summed E-state index contributed by atoms with van der Waals surface area (Å²) in [4.78, 5) is 4.80. The third-order valence-corrected chi connectivity index (χ3v) is 1.99. The predicted octanol–water partition coefficient (Wildman–Crippen LogP) is 0.989. The zero-order valence-corrected chi connectivity index (χ0v) is 6.06. The minimum atomic E-state index is -0.177. The lowest BCUT2D eigenvalue weighted by Crippen LogP contribution is -1.93. The molecule has 0 saturated carbocycles. The molecule has 0 N–H and O–H groups in total. The van der Waals surface area contributed by atoms with E-state index in [4.69, 9.17) is 9.47 Å². The first-order chi connectivity index (χ1) is 4.97. The minimum Gasteiger partial charge on any atom is -0.345 e. The van der Waals surface area contributed by atoms with Crippen molar-refractivity contribution in [1.29, 1.82) is 0 Å². The van der Waals surface area contributed by atoms with Crippen molar-refractivity contribution in [3.05, 3.63) is 16.6 Å². The van der Waals surface area contributed by atoms with Crippen LogP contribution in [0.1, 0.15) is 11.2 Å². The minimum absolute atomic E-state index is 0.177. The van der Waals surface area contributed by atoms with Crippen molar-refractivity contribution in [2.45, 2.75) is 6.29 Å². The van der Waals surface area contributed by atoms with Crippen LogP contribution in [-0.2, 0) is 9.47 Å². The molecule has 2 heterocycles. The van der Waals surface area contributed by atoms with Gasteiger partial charge in [-0.1, -0.05) is 0 Å². The lowest BCUT2D eigenvalue weighted by Gasteiger charge is -2.02. The molecule has 4 heteroatoms. The second-order valence-electron chi connectivity index (χ2n) is 1.93. The molecule has 0 atom stereocenters. The molecular formula is C6H6NO2S. The normalized spacial score (nSPS) is 20.0. The Morgan fingerprint density at radius 1 is 1.60 bits per heavy atom. The summed E-state index contributed by atoms with van der Waals surface area (Å²) < 4.78 is 10.5. The third kappa shape index (κ3) is 1.05. The number of nitrogens with zero attached hydrogens (tertiary/aromatic N) is 1. The Bertz CT molecular complexity index is 194. The van der Waals surface area contributed by atoms with E-state index in [0.29, 0.717) is 13.2 Å². The van der Waals surface area contributed by atoms with Crippen LogP contribution in [0.25, 0.3) is 0 Å². The van der Waals surface area contributed by atoms with Gasteiger partial charge in [-0.15, -0.1) is 11.3 Å². The molecule has 1 saturated heterocycles. The van der Waals surface area contributed by atoms with Crippen LogP contribution in [0, 0.1) is 5.51 Å². The van der Waals surface area contributed by atoms with E-state index in [1.807, 2.05) is 0 Å². The SMILES string of the molecule is [c]1ncc(C2OCCO2)s1. The van der Waals surface area contributed by atoms with Crippen LogP contribution >= 0.6 is 11.3 Å². The van der Waals surface area contributed by atoms with Crippen molar-refractivity contribution in [3.8, 4) is 0 Å². The van der Waals surface area contributed by atoms with Crippen LogP contribution in [0.4, 0.5) is 0 Å². The quantitative estimate of drug-likeness (QED) is 0.607. The van der Waals surface area contributed by atoms with Crippen molar-refractivity contribution in [1.82, 2.24) is 4.98 Å². The van der Waals surface area contributed by atoms with Gasteiger partial charge in [-0.3, -0.25) is 0 Å². The maximum Gasteiger partial charge on any atom is 0.194 e. The van der Waals surface area contributed by atoms with E-state index < -0.39 is 0 Å². The van der Waals surface area contributed by atoms with Crippen LogP contribution < -0.4 is 0 Å². The molecule has 1 aromatic rings. The van der Waals surface area contributed by atoms with Crippen LogP contribution in [0.15, 0.2) is 6.20 Å². The largest absolute Gasteiger partial charge is 0.345 e. The molecule has 1 aromatic heterocycles. The summed E-state index contributed by atoms with van der Waals surface area (Å²) in [5.41, 5.74) is 2.74. The molecule has 1 aliphatic heterocycles. The van der Waals surface area contributed by atoms with Gasteiger partial charge in [-0.2, -0.15) is 0 Å². The molecule has 3 nitrogen and oxygen atoms in total. The average molecular weight is 156 g/mol. The summed E-state index contributed by atoms with van der Waals surface area (Å²) in [5.74, 6) is 0.